The highest BCUT2D eigenvalue weighted by atomic mass is 16.7. The number of carbonyl (C=O) groups is 2. The number of amides is 2. The number of fused-ring (bicyclic) bond motifs is 1. The van der Waals surface area contributed by atoms with Gasteiger partial charge < -0.3 is 28.8 Å². The highest BCUT2D eigenvalue weighted by molar-refractivity contribution is 5.96. The van der Waals surface area contributed by atoms with Crippen molar-refractivity contribution in [2.45, 2.75) is 26.5 Å². The second-order valence-electron chi connectivity index (χ2n) is 6.91. The zero-order chi connectivity index (χ0) is 19.7. The van der Waals surface area contributed by atoms with Gasteiger partial charge >= 0.3 is 0 Å². The van der Waals surface area contributed by atoms with Gasteiger partial charge in [0.15, 0.2) is 23.8 Å². The van der Waals surface area contributed by atoms with Gasteiger partial charge in [0.25, 0.3) is 5.91 Å². The van der Waals surface area contributed by atoms with Gasteiger partial charge in [-0.3, -0.25) is 9.59 Å². The van der Waals surface area contributed by atoms with Crippen molar-refractivity contribution in [2.24, 2.45) is 5.92 Å². The van der Waals surface area contributed by atoms with Crippen LogP contribution in [0.3, 0.4) is 0 Å². The zero-order valence-electron chi connectivity index (χ0n) is 15.6. The van der Waals surface area contributed by atoms with Crippen LogP contribution in [0.5, 0.6) is 17.2 Å². The van der Waals surface area contributed by atoms with Gasteiger partial charge in [-0.15, -0.1) is 0 Å². The molecule has 0 radical (unpaired) electrons. The third-order valence-corrected chi connectivity index (χ3v) is 4.63. The summed E-state index contributed by atoms with van der Waals surface area (Å²) in [4.78, 5) is 30.7. The van der Waals surface area contributed by atoms with E-state index >= 15 is 0 Å². The molecule has 2 aliphatic heterocycles. The minimum Gasteiger partial charge on any atom is -0.484 e. The van der Waals surface area contributed by atoms with Crippen LogP contribution >= 0.6 is 0 Å². The van der Waals surface area contributed by atoms with Crippen molar-refractivity contribution in [3.05, 3.63) is 36.0 Å². The molecular formula is C19H21N3O6. The molecule has 0 bridgehead atoms. The Morgan fingerprint density at radius 3 is 3.00 bits per heavy atom. The molecule has 1 aromatic heterocycles. The fraction of sp³-hybridized carbons (Fsp3) is 0.421. The molecule has 9 nitrogen and oxygen atoms in total. The molecule has 4 rings (SSSR count). The third-order valence-electron chi connectivity index (χ3n) is 4.63. The topological polar surface area (TPSA) is 103 Å². The van der Waals surface area contributed by atoms with Gasteiger partial charge in [0.05, 0.1) is 0 Å². The first-order valence-corrected chi connectivity index (χ1v) is 9.08. The number of hydrogen-bond donors (Lipinski definition) is 1. The summed E-state index contributed by atoms with van der Waals surface area (Å²) in [6.45, 7) is 4.92. The van der Waals surface area contributed by atoms with Gasteiger partial charge in [0.2, 0.25) is 18.6 Å². The molecule has 1 N–H and O–H groups in total. The molecule has 0 unspecified atom stereocenters. The monoisotopic (exact) mass is 387 g/mol. The number of oxazole rings is 1. The van der Waals surface area contributed by atoms with E-state index in [1.54, 1.807) is 23.1 Å². The summed E-state index contributed by atoms with van der Waals surface area (Å²) >= 11 is 0. The van der Waals surface area contributed by atoms with Crippen LogP contribution < -0.4 is 19.5 Å². The number of ether oxygens (including phenoxy) is 3. The smallest absolute Gasteiger partial charge is 0.276 e. The lowest BCUT2D eigenvalue weighted by atomic mass is 9.99. The highest BCUT2D eigenvalue weighted by Crippen LogP contribution is 2.35. The number of nitrogens with one attached hydrogen (secondary N) is 1. The van der Waals surface area contributed by atoms with E-state index in [0.717, 1.165) is 0 Å². The van der Waals surface area contributed by atoms with Gasteiger partial charge in [0.1, 0.15) is 18.1 Å². The van der Waals surface area contributed by atoms with E-state index in [1.165, 1.54) is 6.26 Å². The van der Waals surface area contributed by atoms with Crippen LogP contribution in [0.15, 0.2) is 28.9 Å². The Balaban J connectivity index is 1.42. The number of benzene rings is 1. The van der Waals surface area contributed by atoms with E-state index in [9.17, 15) is 9.59 Å². The molecule has 2 aromatic rings. The molecule has 9 heteroatoms. The summed E-state index contributed by atoms with van der Waals surface area (Å²) in [5.41, 5.74) is 0.157. The minimum atomic E-state index is -0.522. The number of nitrogens with zero attached hydrogens (tertiary/aromatic N) is 2. The lowest BCUT2D eigenvalue weighted by molar-refractivity contribution is -0.129. The van der Waals surface area contributed by atoms with Crippen LogP contribution in [-0.2, 0) is 11.4 Å². The molecule has 28 heavy (non-hydrogen) atoms. The number of rotatable bonds is 5. The first kappa shape index (κ1) is 18.1. The Morgan fingerprint density at radius 2 is 2.18 bits per heavy atom. The summed E-state index contributed by atoms with van der Waals surface area (Å²) in [5.74, 6) is 1.64. The molecule has 2 aliphatic rings. The second-order valence-corrected chi connectivity index (χ2v) is 6.91. The number of aromatic nitrogens is 1. The van der Waals surface area contributed by atoms with Crippen LogP contribution in [0.2, 0.25) is 0 Å². The Bertz CT molecular complexity index is 894. The molecule has 0 saturated carbocycles. The quantitative estimate of drug-likeness (QED) is 0.831. The van der Waals surface area contributed by atoms with Crippen molar-refractivity contribution in [1.29, 1.82) is 0 Å². The molecular weight excluding hydrogens is 366 g/mol. The molecule has 1 saturated heterocycles. The Morgan fingerprint density at radius 1 is 1.36 bits per heavy atom. The Kier molecular flexibility index (Phi) is 4.81. The molecule has 1 atom stereocenters. The van der Waals surface area contributed by atoms with E-state index in [1.807, 2.05) is 13.8 Å². The van der Waals surface area contributed by atoms with Crippen molar-refractivity contribution in [1.82, 2.24) is 15.2 Å². The number of piperazine rings is 1. The SMILES string of the molecule is CC(C)[C@H]1C(=O)NCCN1C(=O)c1coc(COc2ccc3c(c2)OCO3)n1. The first-order valence-electron chi connectivity index (χ1n) is 9.08. The van der Waals surface area contributed by atoms with Crippen molar-refractivity contribution in [2.75, 3.05) is 19.9 Å². The predicted molar refractivity (Wildman–Crippen MR) is 96.1 cm³/mol. The van der Waals surface area contributed by atoms with Gasteiger partial charge in [0, 0.05) is 19.2 Å². The van der Waals surface area contributed by atoms with Crippen molar-refractivity contribution < 1.29 is 28.2 Å². The van der Waals surface area contributed by atoms with Gasteiger partial charge in [-0.2, -0.15) is 0 Å². The largest absolute Gasteiger partial charge is 0.484 e. The van der Waals surface area contributed by atoms with E-state index in [0.29, 0.717) is 30.3 Å². The second kappa shape index (κ2) is 7.41. The Labute approximate surface area is 161 Å². The standard InChI is InChI=1S/C19H21N3O6/c1-11(2)17-18(23)20-5-6-22(17)19(24)13-8-26-16(21-13)9-25-12-3-4-14-15(7-12)28-10-27-14/h3-4,7-8,11,17H,5-6,9-10H2,1-2H3,(H,20,23)/t17-/m0/s1. The van der Waals surface area contributed by atoms with Gasteiger partial charge in [-0.05, 0) is 18.1 Å². The zero-order valence-corrected chi connectivity index (χ0v) is 15.6. The van der Waals surface area contributed by atoms with Crippen LogP contribution in [0.4, 0.5) is 0 Å². The van der Waals surface area contributed by atoms with Crippen molar-refractivity contribution in [3.63, 3.8) is 0 Å². The molecule has 1 aromatic carbocycles. The van der Waals surface area contributed by atoms with E-state index in [2.05, 4.69) is 10.3 Å². The van der Waals surface area contributed by atoms with Crippen LogP contribution in [-0.4, -0.2) is 47.6 Å². The maximum Gasteiger partial charge on any atom is 0.276 e. The predicted octanol–water partition coefficient (Wildman–Crippen LogP) is 1.58. The normalized spacial score (nSPS) is 18.3. The summed E-state index contributed by atoms with van der Waals surface area (Å²) in [6.07, 6.45) is 1.30. The minimum absolute atomic E-state index is 0.00929. The summed E-state index contributed by atoms with van der Waals surface area (Å²) in [5, 5.41) is 2.80. The fourth-order valence-electron chi connectivity index (χ4n) is 3.31. The van der Waals surface area contributed by atoms with E-state index in [-0.39, 0.29) is 42.7 Å². The van der Waals surface area contributed by atoms with Crippen molar-refractivity contribution in [3.8, 4) is 17.2 Å². The van der Waals surface area contributed by atoms with Crippen LogP contribution in [0, 0.1) is 5.92 Å². The van der Waals surface area contributed by atoms with Gasteiger partial charge in [-0.1, -0.05) is 13.8 Å². The highest BCUT2D eigenvalue weighted by Gasteiger charge is 2.36. The third kappa shape index (κ3) is 3.47. The maximum absolute atomic E-state index is 12.8. The van der Waals surface area contributed by atoms with Crippen molar-refractivity contribution >= 4 is 11.8 Å². The number of hydrogen-bond acceptors (Lipinski definition) is 7. The molecule has 148 valence electrons. The molecule has 0 spiro atoms. The lowest BCUT2D eigenvalue weighted by Gasteiger charge is -2.36. The van der Waals surface area contributed by atoms with Gasteiger partial charge in [-0.25, -0.2) is 4.98 Å². The average molecular weight is 387 g/mol. The summed E-state index contributed by atoms with van der Waals surface area (Å²) in [7, 11) is 0. The van der Waals surface area contributed by atoms with Crippen LogP contribution in [0.25, 0.3) is 0 Å². The average Bonchev–Trinajstić information content (AvgIpc) is 3.34. The summed E-state index contributed by atoms with van der Waals surface area (Å²) < 4.78 is 21.6. The van der Waals surface area contributed by atoms with E-state index in [4.69, 9.17) is 18.6 Å². The Hall–Kier alpha value is -3.23. The summed E-state index contributed by atoms with van der Waals surface area (Å²) in [6, 6.07) is 4.71. The lowest BCUT2D eigenvalue weighted by Crippen LogP contribution is -2.59. The van der Waals surface area contributed by atoms with E-state index < -0.39 is 6.04 Å². The van der Waals surface area contributed by atoms with Crippen LogP contribution in [0.1, 0.15) is 30.2 Å². The fourth-order valence-corrected chi connectivity index (χ4v) is 3.31. The number of carbonyl (C=O) groups excluding carboxylic acids is 2. The molecule has 0 aliphatic carbocycles. The maximum atomic E-state index is 12.8. The molecule has 2 amide bonds. The molecule has 3 heterocycles. The first-order chi connectivity index (χ1) is 13.5. The molecule has 1 fully saturated rings.